The Bertz CT molecular complexity index is 1260. The summed E-state index contributed by atoms with van der Waals surface area (Å²) in [5.41, 5.74) is 8.35. The van der Waals surface area contributed by atoms with Crippen molar-refractivity contribution >= 4 is 13.3 Å². The lowest BCUT2D eigenvalue weighted by Crippen LogP contribution is -2.04. The van der Waals surface area contributed by atoms with Crippen LogP contribution in [-0.2, 0) is 0 Å². The molecule has 2 heterocycles. The lowest BCUT2D eigenvalue weighted by atomic mass is 9.89. The molecule has 5 aromatic rings. The molecule has 0 saturated carbocycles. The van der Waals surface area contributed by atoms with Gasteiger partial charge in [-0.3, -0.25) is 4.98 Å². The van der Waals surface area contributed by atoms with Gasteiger partial charge in [-0.2, -0.15) is 0 Å². The number of aromatic nitrogens is 3. The van der Waals surface area contributed by atoms with Gasteiger partial charge in [0.2, 0.25) is 0 Å². The second-order valence-electron chi connectivity index (χ2n) is 7.52. The Labute approximate surface area is 182 Å². The lowest BCUT2D eigenvalue weighted by Gasteiger charge is -2.11. The quantitative estimate of drug-likeness (QED) is 0.409. The molecule has 0 aliphatic rings. The molecule has 0 bridgehead atoms. The maximum atomic E-state index is 4.95. The van der Waals surface area contributed by atoms with E-state index in [-0.39, 0.29) is 0 Å². The van der Waals surface area contributed by atoms with E-state index in [1.54, 1.807) is 6.20 Å². The second kappa shape index (κ2) is 8.37. The molecule has 0 atom stereocenters. The van der Waals surface area contributed by atoms with Crippen molar-refractivity contribution in [3.8, 4) is 45.0 Å². The number of hydrogen-bond donors (Lipinski definition) is 0. The lowest BCUT2D eigenvalue weighted by molar-refractivity contribution is 1.18. The van der Waals surface area contributed by atoms with Crippen LogP contribution in [0.25, 0.3) is 45.0 Å². The van der Waals surface area contributed by atoms with Crippen LogP contribution in [0.1, 0.15) is 0 Å². The van der Waals surface area contributed by atoms with E-state index in [0.717, 1.165) is 45.0 Å². The third-order valence-corrected chi connectivity index (χ3v) is 5.20. The molecule has 0 fully saturated rings. The van der Waals surface area contributed by atoms with E-state index in [4.69, 9.17) is 9.97 Å². The fraction of sp³-hybridized carbons (Fsp3) is 0. The Morgan fingerprint density at radius 1 is 0.516 bits per heavy atom. The van der Waals surface area contributed by atoms with Gasteiger partial charge in [0, 0.05) is 29.1 Å². The van der Waals surface area contributed by atoms with Gasteiger partial charge < -0.3 is 0 Å². The normalized spacial score (nSPS) is 10.7. The maximum Gasteiger partial charge on any atom is 0.160 e. The molecule has 0 saturated heterocycles. The monoisotopic (exact) mass is 397 g/mol. The molecule has 0 unspecified atom stereocenters. The summed E-state index contributed by atoms with van der Waals surface area (Å²) < 4.78 is 0. The molecule has 0 amide bonds. The summed E-state index contributed by atoms with van der Waals surface area (Å²) >= 11 is 0. The minimum absolute atomic E-state index is 0.724. The van der Waals surface area contributed by atoms with E-state index in [1.165, 1.54) is 5.46 Å². The van der Waals surface area contributed by atoms with Crippen molar-refractivity contribution in [1.29, 1.82) is 0 Å². The smallest absolute Gasteiger partial charge is 0.160 e. The van der Waals surface area contributed by atoms with E-state index in [2.05, 4.69) is 55.3 Å². The zero-order valence-corrected chi connectivity index (χ0v) is 17.2. The van der Waals surface area contributed by atoms with Gasteiger partial charge in [-0.25, -0.2) is 9.97 Å². The number of pyridine rings is 1. The van der Waals surface area contributed by atoms with Gasteiger partial charge in [0.05, 0.1) is 11.4 Å². The minimum atomic E-state index is 0.724. The van der Waals surface area contributed by atoms with Gasteiger partial charge >= 0.3 is 0 Å². The average Bonchev–Trinajstić information content (AvgIpc) is 2.85. The summed E-state index contributed by atoms with van der Waals surface area (Å²) in [6.45, 7) is 0. The van der Waals surface area contributed by atoms with Crippen molar-refractivity contribution in [3.63, 3.8) is 0 Å². The van der Waals surface area contributed by atoms with Crippen molar-refractivity contribution in [1.82, 2.24) is 15.0 Å². The summed E-state index contributed by atoms with van der Waals surface area (Å²) in [5.74, 6) is 0.724. The number of rotatable bonds is 4. The molecular weight excluding hydrogens is 377 g/mol. The largest absolute Gasteiger partial charge is 0.264 e. The van der Waals surface area contributed by atoms with Crippen LogP contribution >= 0.6 is 0 Å². The molecule has 5 rings (SSSR count). The fourth-order valence-electron chi connectivity index (χ4n) is 3.70. The molecule has 4 heteroatoms. The molecule has 0 radical (unpaired) electrons. The first-order valence-electron chi connectivity index (χ1n) is 10.3. The topological polar surface area (TPSA) is 38.7 Å². The van der Waals surface area contributed by atoms with Crippen LogP contribution in [0, 0.1) is 0 Å². The molecule has 0 spiro atoms. The van der Waals surface area contributed by atoms with Gasteiger partial charge in [0.15, 0.2) is 5.82 Å². The van der Waals surface area contributed by atoms with Crippen LogP contribution in [0.2, 0.25) is 0 Å². The van der Waals surface area contributed by atoms with Gasteiger partial charge in [-0.05, 0) is 29.3 Å². The summed E-state index contributed by atoms with van der Waals surface area (Å²) in [4.78, 5) is 14.1. The van der Waals surface area contributed by atoms with Crippen LogP contribution in [0.4, 0.5) is 0 Å². The van der Waals surface area contributed by atoms with Crippen molar-refractivity contribution in [2.75, 3.05) is 0 Å². The average molecular weight is 397 g/mol. The van der Waals surface area contributed by atoms with Crippen molar-refractivity contribution in [3.05, 3.63) is 109 Å². The predicted molar refractivity (Wildman–Crippen MR) is 130 cm³/mol. The number of benzene rings is 3. The van der Waals surface area contributed by atoms with Gasteiger partial charge in [-0.15, -0.1) is 0 Å². The van der Waals surface area contributed by atoms with Gasteiger partial charge in [0.25, 0.3) is 0 Å². The molecule has 2 aromatic heterocycles. The summed E-state index contributed by atoms with van der Waals surface area (Å²) in [6.07, 6.45) is 3.69. The van der Waals surface area contributed by atoms with E-state index in [9.17, 15) is 0 Å². The first-order chi connectivity index (χ1) is 15.3. The first-order valence-corrected chi connectivity index (χ1v) is 10.3. The van der Waals surface area contributed by atoms with Crippen molar-refractivity contribution < 1.29 is 0 Å². The van der Waals surface area contributed by atoms with Crippen LogP contribution in [0.3, 0.4) is 0 Å². The Hall–Kier alpha value is -4.05. The highest BCUT2D eigenvalue weighted by molar-refractivity contribution is 6.33. The highest BCUT2D eigenvalue weighted by Crippen LogP contribution is 2.29. The van der Waals surface area contributed by atoms with Gasteiger partial charge in [-0.1, -0.05) is 84.3 Å². The van der Waals surface area contributed by atoms with Gasteiger partial charge in [0.1, 0.15) is 7.85 Å². The summed E-state index contributed by atoms with van der Waals surface area (Å²) in [5, 5.41) is 0. The van der Waals surface area contributed by atoms with Crippen LogP contribution in [0.15, 0.2) is 109 Å². The Morgan fingerprint density at radius 3 is 1.81 bits per heavy atom. The number of hydrogen-bond acceptors (Lipinski definition) is 3. The Kier molecular flexibility index (Phi) is 5.11. The van der Waals surface area contributed by atoms with E-state index in [0.29, 0.717) is 0 Å². The fourth-order valence-corrected chi connectivity index (χ4v) is 3.70. The van der Waals surface area contributed by atoms with Crippen molar-refractivity contribution in [2.45, 2.75) is 0 Å². The highest BCUT2D eigenvalue weighted by Gasteiger charge is 2.12. The summed E-state index contributed by atoms with van der Waals surface area (Å²) in [6, 6.07) is 33.0. The van der Waals surface area contributed by atoms with Crippen LogP contribution in [0.5, 0.6) is 0 Å². The van der Waals surface area contributed by atoms with E-state index < -0.39 is 0 Å². The predicted octanol–water partition coefficient (Wildman–Crippen LogP) is 4.80. The molecule has 0 N–H and O–H groups in total. The highest BCUT2D eigenvalue weighted by atomic mass is 14.9. The second-order valence-corrected chi connectivity index (χ2v) is 7.52. The molecule has 0 aliphatic heterocycles. The summed E-state index contributed by atoms with van der Waals surface area (Å²) in [7, 11) is 2.11. The molecule has 0 aliphatic carbocycles. The SMILES string of the molecule is Bc1cc(-c2cccnc2)cc(-c2cc(-c3ccccc3)nc(-c3ccccc3)n2)c1. The minimum Gasteiger partial charge on any atom is -0.264 e. The van der Waals surface area contributed by atoms with E-state index >= 15 is 0 Å². The molecule has 146 valence electrons. The Morgan fingerprint density at radius 2 is 1.13 bits per heavy atom. The van der Waals surface area contributed by atoms with E-state index in [1.807, 2.05) is 60.8 Å². The van der Waals surface area contributed by atoms with Crippen LogP contribution in [-0.4, -0.2) is 22.8 Å². The molecular formula is C27H20BN3. The third-order valence-electron chi connectivity index (χ3n) is 5.20. The molecule has 31 heavy (non-hydrogen) atoms. The third kappa shape index (κ3) is 4.14. The van der Waals surface area contributed by atoms with Crippen LogP contribution < -0.4 is 5.46 Å². The molecule has 3 nitrogen and oxygen atoms in total. The van der Waals surface area contributed by atoms with Crippen molar-refractivity contribution in [2.24, 2.45) is 0 Å². The first kappa shape index (κ1) is 19.0. The molecule has 3 aromatic carbocycles. The maximum absolute atomic E-state index is 4.95. The Balaban J connectivity index is 1.70. The zero-order chi connectivity index (χ0) is 21.0. The standard InChI is InChI=1S/C27H20BN3/c28-24-15-22(21-12-7-13-29-18-21)14-23(16-24)26-17-25(19-8-3-1-4-9-19)30-27(31-26)20-10-5-2-6-11-20/h1-18H,28H2. The zero-order valence-electron chi connectivity index (χ0n) is 17.2. The number of nitrogens with zero attached hydrogens (tertiary/aromatic N) is 3.